The molecule has 0 amide bonds. The van der Waals surface area contributed by atoms with Crippen molar-refractivity contribution in [2.24, 2.45) is 0 Å². The largest absolute Gasteiger partial charge is 1.00 e. The Bertz CT molecular complexity index is 1290. The SMILES string of the molecule is O=S(=O)([O-])C(CC=CC(O)c1ccc(O)cc1)CCc1ccc(OC2(c3ccccc3)CCCCC2)cc1.[Na+]. The topological polar surface area (TPSA) is 107 Å². The first-order valence-electron chi connectivity index (χ1n) is 13.2. The van der Waals surface area contributed by atoms with Crippen molar-refractivity contribution in [1.29, 1.82) is 0 Å². The number of hydrogen-bond acceptors (Lipinski definition) is 6. The van der Waals surface area contributed by atoms with Gasteiger partial charge in [0.2, 0.25) is 0 Å². The Hall–Kier alpha value is -2.13. The minimum atomic E-state index is -4.51. The predicted octanol–water partition coefficient (Wildman–Crippen LogP) is 3.16. The Morgan fingerprint density at radius 2 is 1.56 bits per heavy atom. The van der Waals surface area contributed by atoms with Crippen LogP contribution in [0.15, 0.2) is 91.0 Å². The summed E-state index contributed by atoms with van der Waals surface area (Å²) in [7, 11) is -4.51. The van der Waals surface area contributed by atoms with Crippen molar-refractivity contribution in [2.45, 2.75) is 68.3 Å². The van der Waals surface area contributed by atoms with Gasteiger partial charge in [0.1, 0.15) is 17.1 Å². The maximum absolute atomic E-state index is 11.9. The van der Waals surface area contributed by atoms with Gasteiger partial charge < -0.3 is 19.5 Å². The van der Waals surface area contributed by atoms with Crippen molar-refractivity contribution in [3.8, 4) is 11.5 Å². The molecule has 2 unspecified atom stereocenters. The third-order valence-electron chi connectivity index (χ3n) is 7.31. The summed E-state index contributed by atoms with van der Waals surface area (Å²) >= 11 is 0. The fourth-order valence-corrected chi connectivity index (χ4v) is 5.87. The molecule has 1 fully saturated rings. The summed E-state index contributed by atoms with van der Waals surface area (Å²) in [6, 6.07) is 24.1. The zero-order valence-corrected chi connectivity index (χ0v) is 25.2. The second kappa shape index (κ2) is 14.5. The number of phenolic OH excluding ortho intramolecular Hbond substituents is 1. The van der Waals surface area contributed by atoms with Crippen molar-refractivity contribution in [3.63, 3.8) is 0 Å². The van der Waals surface area contributed by atoms with E-state index in [2.05, 4.69) is 12.1 Å². The van der Waals surface area contributed by atoms with E-state index >= 15 is 0 Å². The van der Waals surface area contributed by atoms with Gasteiger partial charge in [-0.05, 0) is 85.9 Å². The Kier molecular flexibility index (Phi) is 11.7. The molecule has 39 heavy (non-hydrogen) atoms. The summed E-state index contributed by atoms with van der Waals surface area (Å²) in [4.78, 5) is 0. The molecule has 2 atom stereocenters. The molecule has 0 spiro atoms. The van der Waals surface area contributed by atoms with Crippen LogP contribution in [0.1, 0.15) is 67.7 Å². The Morgan fingerprint density at radius 1 is 0.923 bits per heavy atom. The summed E-state index contributed by atoms with van der Waals surface area (Å²) in [5.41, 5.74) is 2.34. The van der Waals surface area contributed by atoms with Crippen LogP contribution in [0.4, 0.5) is 0 Å². The monoisotopic (exact) mass is 558 g/mol. The van der Waals surface area contributed by atoms with Crippen LogP contribution in [0.3, 0.4) is 0 Å². The van der Waals surface area contributed by atoms with Crippen LogP contribution in [-0.4, -0.2) is 28.4 Å². The summed E-state index contributed by atoms with van der Waals surface area (Å²) in [6.45, 7) is 0. The van der Waals surface area contributed by atoms with Gasteiger partial charge in [-0.3, -0.25) is 0 Å². The molecule has 3 aromatic rings. The molecular formula is C31H35NaO6S. The van der Waals surface area contributed by atoms with Crippen molar-refractivity contribution in [1.82, 2.24) is 0 Å². The maximum atomic E-state index is 11.9. The summed E-state index contributed by atoms with van der Waals surface area (Å²) in [6.07, 6.45) is 8.07. The molecule has 0 bridgehead atoms. The minimum Gasteiger partial charge on any atom is -0.748 e. The molecule has 1 aliphatic rings. The quantitative estimate of drug-likeness (QED) is 0.213. The average Bonchev–Trinajstić information content (AvgIpc) is 2.92. The number of benzene rings is 3. The molecule has 0 radical (unpaired) electrons. The third-order valence-corrected chi connectivity index (χ3v) is 8.56. The van der Waals surface area contributed by atoms with Gasteiger partial charge in [0, 0.05) is 0 Å². The standard InChI is InChI=1S/C31H36O6S.Na/c32-27-17-15-25(16-18-27)30(33)11-7-10-29(38(34,35)36)21-14-24-12-19-28(20-13-24)37-31(22-5-2-6-23-31)26-8-3-1-4-9-26;/h1,3-4,7-9,11-13,15-20,29-30,32-33H,2,5-6,10,14,21-23H2,(H,34,35,36);/q;+1/p-1. The fraction of sp³-hybridized carbons (Fsp3) is 0.355. The van der Waals surface area contributed by atoms with Crippen molar-refractivity contribution >= 4 is 10.1 Å². The molecule has 202 valence electrons. The van der Waals surface area contributed by atoms with E-state index in [9.17, 15) is 23.2 Å². The van der Waals surface area contributed by atoms with E-state index in [0.29, 0.717) is 12.0 Å². The zero-order valence-electron chi connectivity index (χ0n) is 22.4. The molecule has 8 heteroatoms. The van der Waals surface area contributed by atoms with Gasteiger partial charge in [-0.1, -0.05) is 73.2 Å². The number of aromatic hydroxyl groups is 1. The van der Waals surface area contributed by atoms with Crippen LogP contribution in [0.5, 0.6) is 11.5 Å². The van der Waals surface area contributed by atoms with E-state index in [1.54, 1.807) is 12.1 Å². The van der Waals surface area contributed by atoms with Crippen molar-refractivity contribution in [2.75, 3.05) is 0 Å². The number of aryl methyl sites for hydroxylation is 1. The first kappa shape index (κ1) is 31.4. The Morgan fingerprint density at radius 3 is 2.18 bits per heavy atom. The summed E-state index contributed by atoms with van der Waals surface area (Å²) < 4.78 is 42.2. The van der Waals surface area contributed by atoms with Crippen LogP contribution < -0.4 is 34.3 Å². The van der Waals surface area contributed by atoms with Crippen LogP contribution in [0.2, 0.25) is 0 Å². The second-order valence-corrected chi connectivity index (χ2v) is 11.7. The van der Waals surface area contributed by atoms with Crippen molar-refractivity contribution < 1.29 is 57.5 Å². The number of hydrogen-bond donors (Lipinski definition) is 2. The van der Waals surface area contributed by atoms with Crippen LogP contribution in [0.25, 0.3) is 0 Å². The zero-order chi connectivity index (χ0) is 27.0. The van der Waals surface area contributed by atoms with Crippen molar-refractivity contribution in [3.05, 3.63) is 108 Å². The number of aliphatic hydroxyl groups is 1. The average molecular weight is 559 g/mol. The number of ether oxygens (including phenoxy) is 1. The molecular weight excluding hydrogens is 523 g/mol. The van der Waals surface area contributed by atoms with Gasteiger partial charge in [-0.15, -0.1) is 0 Å². The number of aliphatic hydroxyl groups excluding tert-OH is 1. The van der Waals surface area contributed by atoms with E-state index in [4.69, 9.17) is 4.74 Å². The summed E-state index contributed by atoms with van der Waals surface area (Å²) in [5, 5.41) is 18.5. The van der Waals surface area contributed by atoms with Gasteiger partial charge in [-0.25, -0.2) is 8.42 Å². The van der Waals surface area contributed by atoms with Gasteiger partial charge in [-0.2, -0.15) is 0 Å². The summed E-state index contributed by atoms with van der Waals surface area (Å²) in [5.74, 6) is 0.866. The van der Waals surface area contributed by atoms with Gasteiger partial charge in [0.15, 0.2) is 0 Å². The molecule has 6 nitrogen and oxygen atoms in total. The number of phenols is 1. The molecule has 2 N–H and O–H groups in total. The van der Waals surface area contributed by atoms with E-state index in [1.165, 1.54) is 36.3 Å². The normalized spacial score (nSPS) is 16.8. The number of allylic oxidation sites excluding steroid dienone is 1. The fourth-order valence-electron chi connectivity index (χ4n) is 5.11. The Balaban J connectivity index is 0.00000420. The molecule has 1 aliphatic carbocycles. The van der Waals surface area contributed by atoms with E-state index in [-0.39, 0.29) is 53.7 Å². The van der Waals surface area contributed by atoms with Crippen LogP contribution >= 0.6 is 0 Å². The van der Waals surface area contributed by atoms with Gasteiger partial charge in [0.05, 0.1) is 21.5 Å². The smallest absolute Gasteiger partial charge is 0.748 e. The molecule has 1 saturated carbocycles. The maximum Gasteiger partial charge on any atom is 1.00 e. The predicted molar refractivity (Wildman–Crippen MR) is 147 cm³/mol. The third kappa shape index (κ3) is 8.93. The first-order chi connectivity index (χ1) is 18.2. The van der Waals surface area contributed by atoms with E-state index in [0.717, 1.165) is 37.0 Å². The number of rotatable bonds is 11. The molecule has 0 aromatic heterocycles. The first-order valence-corrected chi connectivity index (χ1v) is 14.6. The van der Waals surface area contributed by atoms with E-state index < -0.39 is 21.5 Å². The molecule has 0 heterocycles. The van der Waals surface area contributed by atoms with Gasteiger partial charge >= 0.3 is 29.6 Å². The second-order valence-electron chi connectivity index (χ2n) is 10.0. The Labute approximate surface area is 253 Å². The molecule has 0 saturated heterocycles. The van der Waals surface area contributed by atoms with E-state index in [1.807, 2.05) is 42.5 Å². The molecule has 3 aromatic carbocycles. The molecule has 4 rings (SSSR count). The molecule has 0 aliphatic heterocycles. The minimum absolute atomic E-state index is 0. The van der Waals surface area contributed by atoms with Crippen LogP contribution in [-0.2, 0) is 22.1 Å². The van der Waals surface area contributed by atoms with Crippen LogP contribution in [0, 0.1) is 0 Å². The van der Waals surface area contributed by atoms with Gasteiger partial charge in [0.25, 0.3) is 0 Å².